The van der Waals surface area contributed by atoms with E-state index in [0.717, 1.165) is 5.56 Å². The summed E-state index contributed by atoms with van der Waals surface area (Å²) in [4.78, 5) is 18.5. The molecular formula is C22H25N5O3S. The summed E-state index contributed by atoms with van der Waals surface area (Å²) in [7, 11) is -2.03. The number of carbonyl (C=O) groups is 1. The highest BCUT2D eigenvalue weighted by Crippen LogP contribution is 2.28. The zero-order chi connectivity index (χ0) is 21.8. The first-order chi connectivity index (χ1) is 14.9. The second kappa shape index (κ2) is 8.99. The van der Waals surface area contributed by atoms with E-state index in [4.69, 9.17) is 0 Å². The van der Waals surface area contributed by atoms with Gasteiger partial charge in [-0.05, 0) is 24.1 Å². The Morgan fingerprint density at radius 3 is 2.35 bits per heavy atom. The van der Waals surface area contributed by atoms with Gasteiger partial charge in [-0.25, -0.2) is 8.42 Å². The molecule has 0 atom stereocenters. The number of hydrogen-bond donors (Lipinski definition) is 0. The smallest absolute Gasteiger partial charge is 0.246 e. The molecule has 9 heteroatoms. The third-order valence-electron chi connectivity index (χ3n) is 5.43. The third-order valence-corrected chi connectivity index (χ3v) is 7.33. The van der Waals surface area contributed by atoms with Gasteiger partial charge in [-0.3, -0.25) is 14.5 Å². The molecule has 3 aromatic rings. The molecule has 1 aromatic carbocycles. The van der Waals surface area contributed by atoms with Crippen molar-refractivity contribution in [3.8, 4) is 11.3 Å². The van der Waals surface area contributed by atoms with Crippen molar-refractivity contribution in [3.05, 3.63) is 66.6 Å². The van der Waals surface area contributed by atoms with E-state index in [9.17, 15) is 13.2 Å². The molecule has 1 amide bonds. The van der Waals surface area contributed by atoms with E-state index in [1.165, 1.54) is 15.2 Å². The van der Waals surface area contributed by atoms with Gasteiger partial charge in [0, 0.05) is 63.8 Å². The highest BCUT2D eigenvalue weighted by Gasteiger charge is 2.33. The molecule has 1 aliphatic rings. The normalized spacial score (nSPS) is 15.2. The second-order valence-corrected chi connectivity index (χ2v) is 9.43. The maximum atomic E-state index is 13.3. The number of aromatic nitrogens is 3. The Kier molecular flexibility index (Phi) is 6.15. The van der Waals surface area contributed by atoms with E-state index in [2.05, 4.69) is 10.1 Å². The van der Waals surface area contributed by atoms with Gasteiger partial charge in [0.05, 0.1) is 0 Å². The number of amides is 1. The van der Waals surface area contributed by atoms with Crippen LogP contribution in [-0.2, 0) is 28.3 Å². The Hall–Kier alpha value is -3.04. The molecule has 1 aliphatic heterocycles. The molecule has 2 aromatic heterocycles. The van der Waals surface area contributed by atoms with Crippen LogP contribution in [0.15, 0.2) is 66.0 Å². The van der Waals surface area contributed by atoms with E-state index >= 15 is 0 Å². The zero-order valence-corrected chi connectivity index (χ0v) is 18.2. The van der Waals surface area contributed by atoms with Gasteiger partial charge in [-0.1, -0.05) is 30.3 Å². The molecule has 4 rings (SSSR count). The summed E-state index contributed by atoms with van der Waals surface area (Å²) < 4.78 is 29.6. The van der Waals surface area contributed by atoms with Crippen LogP contribution in [0, 0.1) is 0 Å². The SMILES string of the molecule is Cn1cc(S(=O)(=O)N2CCN(C(=O)CCc3ccccc3)CC2)c(-c2ccncc2)n1. The van der Waals surface area contributed by atoms with Crippen molar-refractivity contribution in [2.45, 2.75) is 17.7 Å². The van der Waals surface area contributed by atoms with Gasteiger partial charge in [0.15, 0.2) is 0 Å². The fourth-order valence-corrected chi connectivity index (χ4v) is 5.35. The van der Waals surface area contributed by atoms with Crippen molar-refractivity contribution < 1.29 is 13.2 Å². The minimum Gasteiger partial charge on any atom is -0.340 e. The topological polar surface area (TPSA) is 88.4 Å². The molecule has 1 saturated heterocycles. The van der Waals surface area contributed by atoms with Crippen LogP contribution in [0.5, 0.6) is 0 Å². The van der Waals surface area contributed by atoms with Gasteiger partial charge in [-0.15, -0.1) is 0 Å². The lowest BCUT2D eigenvalue weighted by Crippen LogP contribution is -2.50. The first-order valence-electron chi connectivity index (χ1n) is 10.2. The van der Waals surface area contributed by atoms with Crippen molar-refractivity contribution in [3.63, 3.8) is 0 Å². The summed E-state index contributed by atoms with van der Waals surface area (Å²) >= 11 is 0. The predicted octanol–water partition coefficient (Wildman–Crippen LogP) is 1.95. The van der Waals surface area contributed by atoms with Crippen LogP contribution in [0.4, 0.5) is 0 Å². The number of benzene rings is 1. The Balaban J connectivity index is 1.42. The molecule has 0 saturated carbocycles. The number of pyridine rings is 1. The quantitative estimate of drug-likeness (QED) is 0.586. The lowest BCUT2D eigenvalue weighted by molar-refractivity contribution is -0.132. The molecule has 8 nitrogen and oxygen atoms in total. The van der Waals surface area contributed by atoms with Gasteiger partial charge in [0.1, 0.15) is 10.6 Å². The first-order valence-corrected chi connectivity index (χ1v) is 11.6. The number of aryl methyl sites for hydroxylation is 2. The average Bonchev–Trinajstić information content (AvgIpc) is 3.21. The van der Waals surface area contributed by atoms with Crippen molar-refractivity contribution >= 4 is 15.9 Å². The lowest BCUT2D eigenvalue weighted by Gasteiger charge is -2.34. The summed E-state index contributed by atoms with van der Waals surface area (Å²) in [5.41, 5.74) is 2.23. The van der Waals surface area contributed by atoms with Gasteiger partial charge < -0.3 is 4.90 Å². The largest absolute Gasteiger partial charge is 0.340 e. The number of carbonyl (C=O) groups excluding carboxylic acids is 1. The maximum Gasteiger partial charge on any atom is 0.246 e. The van der Waals surface area contributed by atoms with Crippen LogP contribution in [0.1, 0.15) is 12.0 Å². The molecule has 0 aliphatic carbocycles. The zero-order valence-electron chi connectivity index (χ0n) is 17.4. The van der Waals surface area contributed by atoms with E-state index in [-0.39, 0.29) is 23.9 Å². The molecule has 31 heavy (non-hydrogen) atoms. The second-order valence-electron chi connectivity index (χ2n) is 7.52. The number of sulfonamides is 1. The fourth-order valence-electron chi connectivity index (χ4n) is 3.74. The van der Waals surface area contributed by atoms with Crippen LogP contribution in [0.2, 0.25) is 0 Å². The van der Waals surface area contributed by atoms with Crippen molar-refractivity contribution in [2.75, 3.05) is 26.2 Å². The van der Waals surface area contributed by atoms with Crippen LogP contribution >= 0.6 is 0 Å². The minimum absolute atomic E-state index is 0.0553. The monoisotopic (exact) mass is 439 g/mol. The summed E-state index contributed by atoms with van der Waals surface area (Å²) in [6.07, 6.45) is 5.86. The Labute approximate surface area is 182 Å². The summed E-state index contributed by atoms with van der Waals surface area (Å²) in [5.74, 6) is 0.0553. The lowest BCUT2D eigenvalue weighted by atomic mass is 10.1. The maximum absolute atomic E-state index is 13.3. The Morgan fingerprint density at radius 2 is 1.68 bits per heavy atom. The minimum atomic E-state index is -3.73. The molecule has 0 spiro atoms. The van der Waals surface area contributed by atoms with Crippen molar-refractivity contribution in [2.24, 2.45) is 7.05 Å². The molecule has 0 unspecified atom stereocenters. The van der Waals surface area contributed by atoms with Gasteiger partial charge in [-0.2, -0.15) is 9.40 Å². The molecule has 1 fully saturated rings. The van der Waals surface area contributed by atoms with Crippen LogP contribution in [0.25, 0.3) is 11.3 Å². The molecule has 3 heterocycles. The summed E-state index contributed by atoms with van der Waals surface area (Å²) in [6.45, 7) is 1.31. The Bertz CT molecular complexity index is 1140. The first kappa shape index (κ1) is 21.2. The van der Waals surface area contributed by atoms with Gasteiger partial charge in [0.2, 0.25) is 15.9 Å². The van der Waals surface area contributed by atoms with Crippen LogP contribution in [0.3, 0.4) is 0 Å². The van der Waals surface area contributed by atoms with E-state index in [1.807, 2.05) is 30.3 Å². The average molecular weight is 440 g/mol. The summed E-state index contributed by atoms with van der Waals surface area (Å²) in [5, 5.41) is 4.36. The molecule has 0 radical (unpaired) electrons. The van der Waals surface area contributed by atoms with Crippen molar-refractivity contribution in [1.82, 2.24) is 24.0 Å². The highest BCUT2D eigenvalue weighted by atomic mass is 32.2. The number of hydrogen-bond acceptors (Lipinski definition) is 5. The fraction of sp³-hybridized carbons (Fsp3) is 0.318. The third kappa shape index (κ3) is 4.67. The number of rotatable bonds is 6. The molecular weight excluding hydrogens is 414 g/mol. The van der Waals surface area contributed by atoms with E-state index in [0.29, 0.717) is 37.2 Å². The highest BCUT2D eigenvalue weighted by molar-refractivity contribution is 7.89. The Morgan fingerprint density at radius 1 is 1.00 bits per heavy atom. The standard InChI is InChI=1S/C22H25N5O3S/c1-25-17-20(22(24-25)19-9-11-23-12-10-19)31(29,30)27-15-13-26(14-16-27)21(28)8-7-18-5-3-2-4-6-18/h2-6,9-12,17H,7-8,13-16H2,1H3. The van der Waals surface area contributed by atoms with E-state index in [1.54, 1.807) is 36.5 Å². The van der Waals surface area contributed by atoms with Crippen LogP contribution in [-0.4, -0.2) is 64.5 Å². The van der Waals surface area contributed by atoms with Gasteiger partial charge in [0.25, 0.3) is 0 Å². The molecule has 162 valence electrons. The predicted molar refractivity (Wildman–Crippen MR) is 117 cm³/mol. The van der Waals surface area contributed by atoms with Gasteiger partial charge >= 0.3 is 0 Å². The van der Waals surface area contributed by atoms with Crippen molar-refractivity contribution in [1.29, 1.82) is 0 Å². The summed E-state index contributed by atoms with van der Waals surface area (Å²) in [6, 6.07) is 13.4. The molecule has 0 N–H and O–H groups in total. The van der Waals surface area contributed by atoms with E-state index < -0.39 is 10.0 Å². The number of piperazine rings is 1. The van der Waals surface area contributed by atoms with Crippen LogP contribution < -0.4 is 0 Å². The molecule has 0 bridgehead atoms. The number of nitrogens with zero attached hydrogens (tertiary/aromatic N) is 5.